The van der Waals surface area contributed by atoms with Crippen LogP contribution in [0.4, 0.5) is 5.82 Å². The van der Waals surface area contributed by atoms with E-state index in [9.17, 15) is 28.3 Å². The zero-order chi connectivity index (χ0) is 32.5. The first-order valence-corrected chi connectivity index (χ1v) is 17.7. The van der Waals surface area contributed by atoms with Gasteiger partial charge in [-0.15, -0.1) is 0 Å². The molecule has 2 bridgehead atoms. The molecule has 3 aliphatic heterocycles. The molecular formula is C22H27N10O11PS2. The van der Waals surface area contributed by atoms with E-state index < -0.39 is 91.2 Å². The number of aromatic amines is 1. The van der Waals surface area contributed by atoms with Crippen LogP contribution in [0.25, 0.3) is 22.3 Å². The lowest BCUT2D eigenvalue weighted by atomic mass is 9.99. The van der Waals surface area contributed by atoms with Crippen molar-refractivity contribution < 1.29 is 46.2 Å². The van der Waals surface area contributed by atoms with Crippen LogP contribution in [-0.4, -0.2) is 113 Å². The van der Waals surface area contributed by atoms with E-state index in [4.69, 9.17) is 40.2 Å². The van der Waals surface area contributed by atoms with E-state index in [0.717, 1.165) is 0 Å². The van der Waals surface area contributed by atoms with Gasteiger partial charge in [-0.25, -0.2) is 29.1 Å². The second kappa shape index (κ2) is 11.6. The molecule has 9 atom stereocenters. The number of anilines is 1. The quantitative estimate of drug-likeness (QED) is 0.120. The van der Waals surface area contributed by atoms with Crippen LogP contribution in [0.15, 0.2) is 23.8 Å². The molecule has 0 radical (unpaired) electrons. The summed E-state index contributed by atoms with van der Waals surface area (Å²) in [7, 11) is -4.65. The van der Waals surface area contributed by atoms with Crippen molar-refractivity contribution in [3.63, 3.8) is 0 Å². The molecule has 0 amide bonds. The molecule has 7 heterocycles. The fourth-order valence-electron chi connectivity index (χ4n) is 5.75. The predicted molar refractivity (Wildman–Crippen MR) is 156 cm³/mol. The molecule has 4 aromatic rings. The predicted octanol–water partition coefficient (Wildman–Crippen LogP) is -2.53. The van der Waals surface area contributed by atoms with Gasteiger partial charge in [0.25, 0.3) is 5.56 Å². The SMILES string of the molecule is Cc1nc2c(ncn2C2OC3COP(O)(=S)OC4C(CNS(=O)(=O)OC2C3CO)OC(n2cnc3c(N)ncnc32)C4O)c(=O)[nH]1. The summed E-state index contributed by atoms with van der Waals surface area (Å²) in [4.78, 5) is 46.6. The summed E-state index contributed by atoms with van der Waals surface area (Å²) < 4.78 is 60.6. The number of aryl methyl sites for hydroxylation is 1. The molecular weight excluding hydrogens is 675 g/mol. The number of aliphatic hydroxyl groups excluding tert-OH is 2. The summed E-state index contributed by atoms with van der Waals surface area (Å²) in [5.74, 6) is -0.710. The van der Waals surface area contributed by atoms with Gasteiger partial charge in [0.1, 0.15) is 42.1 Å². The Hall–Kier alpha value is -3.06. The van der Waals surface area contributed by atoms with Crippen LogP contribution in [-0.2, 0) is 44.8 Å². The standard InChI is InChI=1S/C22H27N10O11PS2/c1-8-29-19-13(20(35)30-8)27-7-32(19)22-15-9(3-33)11(41-22)4-39-44(36,45)42-16-10(2-28-46(37,38)43-15)40-21(14(16)34)31-6-26-12-17(23)24-5-25-18(12)31/h5-7,9-11,14-16,21-22,28,33-34H,2-4H2,1H3,(H,36,45)(H2,23,24,25)(H,29,30,35). The molecule has 248 valence electrons. The van der Waals surface area contributed by atoms with Crippen LogP contribution in [0.2, 0.25) is 0 Å². The summed E-state index contributed by atoms with van der Waals surface area (Å²) in [6.45, 7) is -4.29. The molecule has 0 aromatic carbocycles. The summed E-state index contributed by atoms with van der Waals surface area (Å²) >= 11 is 5.25. The fourth-order valence-corrected chi connectivity index (χ4v) is 8.16. The smallest absolute Gasteiger partial charge is 0.336 e. The van der Waals surface area contributed by atoms with Crippen LogP contribution >= 0.6 is 6.72 Å². The van der Waals surface area contributed by atoms with Crippen LogP contribution in [0, 0.1) is 12.8 Å². The number of H-pyrrole nitrogens is 1. The first-order valence-electron chi connectivity index (χ1n) is 13.7. The first kappa shape index (κ1) is 31.5. The molecule has 9 unspecified atom stereocenters. The van der Waals surface area contributed by atoms with E-state index in [0.29, 0.717) is 0 Å². The molecule has 3 aliphatic rings. The summed E-state index contributed by atoms with van der Waals surface area (Å²) in [5, 5.41) is 21.6. The lowest BCUT2D eigenvalue weighted by Gasteiger charge is -2.26. The Morgan fingerprint density at radius 3 is 2.57 bits per heavy atom. The van der Waals surface area contributed by atoms with Crippen molar-refractivity contribution in [2.75, 3.05) is 25.5 Å². The number of nitrogens with zero attached hydrogens (tertiary/aromatic N) is 7. The van der Waals surface area contributed by atoms with Crippen molar-refractivity contribution in [2.24, 2.45) is 5.92 Å². The van der Waals surface area contributed by atoms with E-state index in [1.165, 1.54) is 28.1 Å². The van der Waals surface area contributed by atoms with Gasteiger partial charge in [0.2, 0.25) is 0 Å². The number of nitrogens with two attached hydrogens (primary N) is 1. The number of nitrogens with one attached hydrogen (secondary N) is 2. The highest BCUT2D eigenvalue weighted by Crippen LogP contribution is 2.50. The molecule has 21 nitrogen and oxygen atoms in total. The molecule has 0 spiro atoms. The van der Waals surface area contributed by atoms with Gasteiger partial charge in [0.15, 0.2) is 35.1 Å². The van der Waals surface area contributed by atoms with Crippen molar-refractivity contribution in [3.8, 4) is 0 Å². The number of fused-ring (bicyclic) bond motifs is 5. The van der Waals surface area contributed by atoms with E-state index in [-0.39, 0.29) is 34.0 Å². The Labute approximate surface area is 263 Å². The molecule has 7 rings (SSSR count). The average Bonchev–Trinajstić information content (AvgIpc) is 3.75. The third-order valence-corrected chi connectivity index (χ3v) is 10.4. The van der Waals surface area contributed by atoms with E-state index in [2.05, 4.69) is 34.6 Å². The number of rotatable bonds is 3. The maximum Gasteiger partial charge on any atom is 0.336 e. The molecule has 7 N–H and O–H groups in total. The number of hydrogen-bond donors (Lipinski definition) is 6. The Kier molecular flexibility index (Phi) is 7.93. The Morgan fingerprint density at radius 2 is 1.80 bits per heavy atom. The molecule has 3 fully saturated rings. The second-order valence-electron chi connectivity index (χ2n) is 10.7. The van der Waals surface area contributed by atoms with E-state index in [1.807, 2.05) is 0 Å². The maximum absolute atomic E-state index is 13.4. The highest BCUT2D eigenvalue weighted by atomic mass is 32.5. The number of imidazole rings is 2. The van der Waals surface area contributed by atoms with Crippen LogP contribution in [0.3, 0.4) is 0 Å². The Balaban J connectivity index is 1.22. The van der Waals surface area contributed by atoms with E-state index >= 15 is 0 Å². The largest absolute Gasteiger partial charge is 0.396 e. The van der Waals surface area contributed by atoms with Crippen LogP contribution in [0.5, 0.6) is 0 Å². The van der Waals surface area contributed by atoms with Gasteiger partial charge in [-0.2, -0.15) is 13.1 Å². The minimum Gasteiger partial charge on any atom is -0.396 e. The summed E-state index contributed by atoms with van der Waals surface area (Å²) in [6, 6.07) is 0. The third-order valence-electron chi connectivity index (χ3n) is 7.86. The zero-order valence-electron chi connectivity index (χ0n) is 23.6. The summed E-state index contributed by atoms with van der Waals surface area (Å²) in [6.07, 6.45) is -5.51. The molecule has 46 heavy (non-hydrogen) atoms. The van der Waals surface area contributed by atoms with Crippen LogP contribution in [0.1, 0.15) is 18.3 Å². The second-order valence-corrected chi connectivity index (χ2v) is 14.9. The van der Waals surface area contributed by atoms with Gasteiger partial charge in [-0.3, -0.25) is 18.5 Å². The van der Waals surface area contributed by atoms with Gasteiger partial charge < -0.3 is 39.8 Å². The average molecular weight is 703 g/mol. The first-order chi connectivity index (χ1) is 21.9. The highest BCUT2D eigenvalue weighted by Gasteiger charge is 2.52. The molecule has 0 aliphatic carbocycles. The van der Waals surface area contributed by atoms with Gasteiger partial charge in [-0.1, -0.05) is 0 Å². The van der Waals surface area contributed by atoms with Crippen molar-refractivity contribution in [1.29, 1.82) is 0 Å². The number of ether oxygens (including phenoxy) is 2. The van der Waals surface area contributed by atoms with Gasteiger partial charge >= 0.3 is 17.0 Å². The maximum atomic E-state index is 13.4. The normalized spacial score (nSPS) is 35.0. The van der Waals surface area contributed by atoms with Gasteiger partial charge in [0, 0.05) is 12.5 Å². The third kappa shape index (κ3) is 5.50. The topological polar surface area (TPSA) is 286 Å². The number of hydrogen-bond acceptors (Lipinski definition) is 17. The Morgan fingerprint density at radius 1 is 1.09 bits per heavy atom. The van der Waals surface area contributed by atoms with E-state index in [1.54, 1.807) is 6.92 Å². The summed E-state index contributed by atoms with van der Waals surface area (Å²) in [5.41, 5.74) is 5.82. The minimum atomic E-state index is -4.65. The number of aromatic nitrogens is 8. The highest BCUT2D eigenvalue weighted by molar-refractivity contribution is 8.07. The molecule has 4 aromatic heterocycles. The number of nitrogen functional groups attached to an aromatic ring is 1. The minimum absolute atomic E-state index is 0.0415. The Bertz CT molecular complexity index is 2020. The fraction of sp³-hybridized carbons (Fsp3) is 0.545. The zero-order valence-corrected chi connectivity index (χ0v) is 26.1. The molecule has 3 saturated heterocycles. The van der Waals surface area contributed by atoms with Crippen molar-refractivity contribution >= 4 is 57.0 Å². The van der Waals surface area contributed by atoms with Gasteiger partial charge in [0.05, 0.1) is 32.0 Å². The molecule has 24 heteroatoms. The number of aliphatic hydroxyl groups is 2. The lowest BCUT2D eigenvalue weighted by molar-refractivity contribution is -0.0476. The monoisotopic (exact) mass is 702 g/mol. The molecule has 0 saturated carbocycles. The van der Waals surface area contributed by atoms with Crippen molar-refractivity contribution in [2.45, 2.75) is 49.9 Å². The van der Waals surface area contributed by atoms with Gasteiger partial charge in [-0.05, 0) is 18.7 Å². The lowest BCUT2D eigenvalue weighted by Crippen LogP contribution is -2.43. The van der Waals surface area contributed by atoms with Crippen LogP contribution < -0.4 is 16.0 Å². The van der Waals surface area contributed by atoms with Crippen molar-refractivity contribution in [1.82, 2.24) is 43.8 Å². The van der Waals surface area contributed by atoms with Crippen molar-refractivity contribution in [3.05, 3.63) is 35.2 Å².